The van der Waals surface area contributed by atoms with Crippen molar-refractivity contribution in [3.63, 3.8) is 0 Å². The van der Waals surface area contributed by atoms with Gasteiger partial charge in [-0.2, -0.15) is 9.59 Å². The monoisotopic (exact) mass is 230 g/mol. The number of halogens is 1. The van der Waals surface area contributed by atoms with Crippen LogP contribution in [0.3, 0.4) is 0 Å². The summed E-state index contributed by atoms with van der Waals surface area (Å²) in [4.78, 5) is 16.2. The van der Waals surface area contributed by atoms with Crippen molar-refractivity contribution in [2.75, 3.05) is 0 Å². The van der Waals surface area contributed by atoms with Gasteiger partial charge in [-0.15, -0.1) is 0 Å². The number of hydrogen-bond donors (Lipinski definition) is 0. The van der Waals surface area contributed by atoms with E-state index in [0.29, 0.717) is 0 Å². The predicted octanol–water partition coefficient (Wildman–Crippen LogP) is 3.22. The molecule has 0 atom stereocenters. The van der Waals surface area contributed by atoms with Crippen LogP contribution in [0.25, 0.3) is 11.1 Å². The molecule has 0 heterocycles. The fourth-order valence-corrected chi connectivity index (χ4v) is 1.39. The molecule has 0 aliphatic heterocycles. The Kier molecular flexibility index (Phi) is 4.79. The second kappa shape index (κ2) is 6.36. The van der Waals surface area contributed by atoms with E-state index in [0.717, 1.165) is 11.1 Å². The van der Waals surface area contributed by atoms with Gasteiger partial charge in [-0.25, -0.2) is 4.39 Å². The minimum absolute atomic E-state index is 0.194. The van der Waals surface area contributed by atoms with E-state index in [4.69, 9.17) is 9.59 Å². The second-order valence-electron chi connectivity index (χ2n) is 3.46. The van der Waals surface area contributed by atoms with Gasteiger partial charge in [-0.05, 0) is 30.2 Å². The molecule has 0 spiro atoms. The maximum atomic E-state index is 12.7. The number of hydrogen-bond acceptors (Lipinski definition) is 2. The highest BCUT2D eigenvalue weighted by Crippen LogP contribution is 2.19. The van der Waals surface area contributed by atoms with Crippen molar-refractivity contribution < 1.29 is 14.0 Å². The van der Waals surface area contributed by atoms with Crippen molar-refractivity contribution in [3.05, 3.63) is 59.9 Å². The van der Waals surface area contributed by atoms with Gasteiger partial charge >= 0.3 is 6.15 Å². The fourth-order valence-electron chi connectivity index (χ4n) is 1.39. The number of rotatable bonds is 1. The molecular formula is C14H11FO2. The largest absolute Gasteiger partial charge is 0.373 e. The summed E-state index contributed by atoms with van der Waals surface area (Å²) >= 11 is 0. The van der Waals surface area contributed by atoms with Gasteiger partial charge in [0.15, 0.2) is 0 Å². The van der Waals surface area contributed by atoms with Crippen LogP contribution in [0.5, 0.6) is 0 Å². The van der Waals surface area contributed by atoms with E-state index < -0.39 is 0 Å². The van der Waals surface area contributed by atoms with Crippen LogP contribution in [-0.4, -0.2) is 6.15 Å². The number of benzene rings is 2. The molecule has 0 saturated heterocycles. The SMILES string of the molecule is Cc1ccc(-c2ccc(F)cc2)cc1.O=C=O. The van der Waals surface area contributed by atoms with Crippen LogP contribution in [-0.2, 0) is 9.59 Å². The summed E-state index contributed by atoms with van der Waals surface area (Å²) in [6, 6.07) is 14.7. The van der Waals surface area contributed by atoms with Gasteiger partial charge in [0.1, 0.15) is 5.82 Å². The first-order valence-electron chi connectivity index (χ1n) is 4.99. The third kappa shape index (κ3) is 4.01. The molecule has 0 saturated carbocycles. The number of aryl methyl sites for hydroxylation is 1. The molecule has 0 fully saturated rings. The van der Waals surface area contributed by atoms with E-state index in [2.05, 4.69) is 19.1 Å². The molecule has 17 heavy (non-hydrogen) atoms. The van der Waals surface area contributed by atoms with Crippen LogP contribution < -0.4 is 0 Å². The Morgan fingerprint density at radius 2 is 1.18 bits per heavy atom. The number of carbonyl (C=O) groups excluding carboxylic acids is 2. The fraction of sp³-hybridized carbons (Fsp3) is 0.0714. The van der Waals surface area contributed by atoms with Crippen LogP contribution in [0.2, 0.25) is 0 Å². The lowest BCUT2D eigenvalue weighted by Crippen LogP contribution is -1.79. The molecule has 2 rings (SSSR count). The van der Waals surface area contributed by atoms with Gasteiger partial charge < -0.3 is 0 Å². The molecular weight excluding hydrogens is 219 g/mol. The molecule has 0 aliphatic carbocycles. The highest BCUT2D eigenvalue weighted by atomic mass is 19.1. The maximum Gasteiger partial charge on any atom is 0.373 e. The Balaban J connectivity index is 0.000000437. The van der Waals surface area contributed by atoms with Gasteiger partial charge in [0, 0.05) is 0 Å². The van der Waals surface area contributed by atoms with Crippen LogP contribution in [0.15, 0.2) is 48.5 Å². The Morgan fingerprint density at radius 3 is 1.59 bits per heavy atom. The molecule has 3 heteroatoms. The predicted molar refractivity (Wildman–Crippen MR) is 61.6 cm³/mol. The minimum atomic E-state index is -0.194. The molecule has 0 aromatic heterocycles. The summed E-state index contributed by atoms with van der Waals surface area (Å²) < 4.78 is 12.7. The Bertz CT molecular complexity index is 451. The quantitative estimate of drug-likeness (QED) is 0.753. The van der Waals surface area contributed by atoms with Gasteiger partial charge in [0.2, 0.25) is 0 Å². The van der Waals surface area contributed by atoms with Crippen LogP contribution in [0.4, 0.5) is 4.39 Å². The van der Waals surface area contributed by atoms with E-state index in [1.165, 1.54) is 17.7 Å². The Hall–Kier alpha value is -2.25. The normalized spacial score (nSPS) is 8.82. The molecule has 2 aromatic rings. The summed E-state index contributed by atoms with van der Waals surface area (Å²) in [6.07, 6.45) is 0.250. The molecule has 86 valence electrons. The summed E-state index contributed by atoms with van der Waals surface area (Å²) in [5.74, 6) is -0.194. The lowest BCUT2D eigenvalue weighted by molar-refractivity contribution is -0.191. The molecule has 2 aromatic carbocycles. The first-order chi connectivity index (χ1) is 8.17. The van der Waals surface area contributed by atoms with E-state index in [1.54, 1.807) is 12.1 Å². The average Bonchev–Trinajstić information content (AvgIpc) is 2.32. The molecule has 2 nitrogen and oxygen atoms in total. The third-order valence-electron chi connectivity index (χ3n) is 2.23. The Morgan fingerprint density at radius 1 is 0.824 bits per heavy atom. The molecule has 0 aliphatic rings. The van der Waals surface area contributed by atoms with E-state index >= 15 is 0 Å². The van der Waals surface area contributed by atoms with Gasteiger partial charge in [-0.3, -0.25) is 0 Å². The van der Waals surface area contributed by atoms with Crippen LogP contribution in [0, 0.1) is 12.7 Å². The second-order valence-corrected chi connectivity index (χ2v) is 3.46. The van der Waals surface area contributed by atoms with Crippen molar-refractivity contribution in [1.82, 2.24) is 0 Å². The van der Waals surface area contributed by atoms with Crippen molar-refractivity contribution in [1.29, 1.82) is 0 Å². The summed E-state index contributed by atoms with van der Waals surface area (Å²) in [5.41, 5.74) is 3.40. The topological polar surface area (TPSA) is 34.1 Å². The standard InChI is InChI=1S/C13H11F.CO2/c1-10-2-4-11(5-3-10)12-6-8-13(14)9-7-12;2-1-3/h2-9H,1H3;. The van der Waals surface area contributed by atoms with Gasteiger partial charge in [-0.1, -0.05) is 42.0 Å². The van der Waals surface area contributed by atoms with Crippen molar-refractivity contribution in [2.45, 2.75) is 6.92 Å². The van der Waals surface area contributed by atoms with Crippen molar-refractivity contribution >= 4 is 6.15 Å². The maximum absolute atomic E-state index is 12.7. The van der Waals surface area contributed by atoms with Crippen LogP contribution in [0.1, 0.15) is 5.56 Å². The zero-order chi connectivity index (χ0) is 12.7. The molecule has 0 N–H and O–H groups in total. The van der Waals surface area contributed by atoms with Crippen LogP contribution >= 0.6 is 0 Å². The van der Waals surface area contributed by atoms with Crippen molar-refractivity contribution in [3.8, 4) is 11.1 Å². The van der Waals surface area contributed by atoms with Gasteiger partial charge in [0.05, 0.1) is 0 Å². The summed E-state index contributed by atoms with van der Waals surface area (Å²) in [7, 11) is 0. The Labute approximate surface area is 98.7 Å². The average molecular weight is 230 g/mol. The van der Waals surface area contributed by atoms with E-state index in [1.807, 2.05) is 12.1 Å². The summed E-state index contributed by atoms with van der Waals surface area (Å²) in [6.45, 7) is 2.05. The summed E-state index contributed by atoms with van der Waals surface area (Å²) in [5, 5.41) is 0. The highest BCUT2D eigenvalue weighted by Gasteiger charge is 1.96. The van der Waals surface area contributed by atoms with Gasteiger partial charge in [0.25, 0.3) is 0 Å². The molecule has 0 unspecified atom stereocenters. The minimum Gasteiger partial charge on any atom is -0.207 e. The third-order valence-corrected chi connectivity index (χ3v) is 2.23. The zero-order valence-electron chi connectivity index (χ0n) is 9.31. The highest BCUT2D eigenvalue weighted by molar-refractivity contribution is 5.63. The first-order valence-corrected chi connectivity index (χ1v) is 4.99. The smallest absolute Gasteiger partial charge is 0.207 e. The van der Waals surface area contributed by atoms with E-state index in [9.17, 15) is 4.39 Å². The lowest BCUT2D eigenvalue weighted by Gasteiger charge is -2.01. The first kappa shape index (κ1) is 12.8. The lowest BCUT2D eigenvalue weighted by atomic mass is 10.0. The molecule has 0 radical (unpaired) electrons. The molecule has 0 bridgehead atoms. The molecule has 0 amide bonds. The van der Waals surface area contributed by atoms with E-state index in [-0.39, 0.29) is 12.0 Å². The van der Waals surface area contributed by atoms with Crippen molar-refractivity contribution in [2.24, 2.45) is 0 Å². The zero-order valence-corrected chi connectivity index (χ0v) is 9.31.